The van der Waals surface area contributed by atoms with Gasteiger partial charge in [-0.25, -0.2) is 4.98 Å². The number of anilines is 1. The predicted octanol–water partition coefficient (Wildman–Crippen LogP) is 6.97. The van der Waals surface area contributed by atoms with Crippen LogP contribution in [-0.4, -0.2) is 35.6 Å². The number of halogens is 7. The van der Waals surface area contributed by atoms with Crippen molar-refractivity contribution in [1.82, 2.24) is 9.88 Å². The summed E-state index contributed by atoms with van der Waals surface area (Å²) in [6.07, 6.45) is -5.28. The van der Waals surface area contributed by atoms with E-state index in [1.165, 1.54) is 11.0 Å². The Morgan fingerprint density at radius 3 is 2.09 bits per heavy atom. The van der Waals surface area contributed by atoms with E-state index in [1.54, 1.807) is 37.4 Å². The maximum Gasteiger partial charge on any atom is 0.458 e. The summed E-state index contributed by atoms with van der Waals surface area (Å²) in [6.45, 7) is 0.153. The number of carbonyl (C=O) groups is 1. The van der Waals surface area contributed by atoms with Gasteiger partial charge in [0.15, 0.2) is 5.69 Å². The van der Waals surface area contributed by atoms with Gasteiger partial charge in [-0.2, -0.15) is 22.0 Å². The van der Waals surface area contributed by atoms with Crippen LogP contribution in [0.4, 0.5) is 27.6 Å². The van der Waals surface area contributed by atoms with Crippen LogP contribution in [0, 0.1) is 0 Å². The molecule has 0 aliphatic carbocycles. The second-order valence-electron chi connectivity index (χ2n) is 7.65. The number of carbonyl (C=O) groups excluding carboxylic acids is 1. The fraction of sp³-hybridized carbons (Fsp3) is 0.250. The van der Waals surface area contributed by atoms with Gasteiger partial charge in [-0.05, 0) is 41.8 Å². The number of aromatic nitrogens is 1. The molecule has 0 radical (unpaired) electrons. The maximum absolute atomic E-state index is 13.6. The Labute approximate surface area is 208 Å². The lowest BCUT2D eigenvalue weighted by molar-refractivity contribution is -0.289. The minimum atomic E-state index is -5.71. The van der Waals surface area contributed by atoms with Crippen molar-refractivity contribution < 1.29 is 26.7 Å². The van der Waals surface area contributed by atoms with E-state index in [0.29, 0.717) is 34.8 Å². The summed E-state index contributed by atoms with van der Waals surface area (Å²) in [6, 6.07) is 13.8. The number of rotatable bonds is 8. The first-order valence-corrected chi connectivity index (χ1v) is 11.1. The first-order valence-electron chi connectivity index (χ1n) is 10.3. The van der Waals surface area contributed by atoms with Gasteiger partial charge in [-0.1, -0.05) is 59.6 Å². The number of benzene rings is 2. The lowest BCUT2D eigenvalue weighted by Gasteiger charge is -2.24. The summed E-state index contributed by atoms with van der Waals surface area (Å²) in [5.41, 5.74) is 0.554. The molecule has 0 aliphatic heterocycles. The van der Waals surface area contributed by atoms with Gasteiger partial charge >= 0.3 is 12.1 Å². The molecule has 1 heterocycles. The van der Waals surface area contributed by atoms with Crippen molar-refractivity contribution in [3.8, 4) is 0 Å². The van der Waals surface area contributed by atoms with Crippen LogP contribution in [0.15, 0.2) is 60.7 Å². The fourth-order valence-corrected chi connectivity index (χ4v) is 3.59. The lowest BCUT2D eigenvalue weighted by atomic mass is 10.0. The monoisotopic (exact) mass is 531 g/mol. The molecule has 0 atom stereocenters. The number of hydrogen-bond acceptors (Lipinski definition) is 3. The van der Waals surface area contributed by atoms with Gasteiger partial charge in [0.25, 0.3) is 5.91 Å². The number of hydrogen-bond donors (Lipinski definition) is 1. The molecule has 0 saturated carbocycles. The fourth-order valence-electron chi connectivity index (χ4n) is 3.32. The maximum atomic E-state index is 13.6. The van der Waals surface area contributed by atoms with Gasteiger partial charge in [-0.3, -0.25) is 4.79 Å². The average Bonchev–Trinajstić information content (AvgIpc) is 2.82. The molecule has 0 spiro atoms. The molecule has 35 heavy (non-hydrogen) atoms. The molecular formula is C24H20Cl2F5N3O. The molecule has 0 aliphatic rings. The van der Waals surface area contributed by atoms with Crippen LogP contribution in [-0.2, 0) is 18.9 Å². The van der Waals surface area contributed by atoms with Crippen molar-refractivity contribution in [2.45, 2.75) is 25.1 Å². The molecule has 1 aromatic heterocycles. The van der Waals surface area contributed by atoms with Crippen LogP contribution in [0.1, 0.15) is 27.2 Å². The van der Waals surface area contributed by atoms with Crippen molar-refractivity contribution in [2.75, 3.05) is 18.9 Å². The smallest absolute Gasteiger partial charge is 0.386 e. The third-order valence-electron chi connectivity index (χ3n) is 5.25. The van der Waals surface area contributed by atoms with E-state index in [1.807, 2.05) is 0 Å². The van der Waals surface area contributed by atoms with E-state index in [2.05, 4.69) is 10.3 Å². The molecule has 186 valence electrons. The SMILES string of the molecule is CNc1ccc(Cl)nc1C(=O)N(CCc1ccc(Cl)cc1)Cc1ccc(C(F)(F)C(F)(F)F)cc1. The summed E-state index contributed by atoms with van der Waals surface area (Å²) >= 11 is 11.9. The Kier molecular flexibility index (Phi) is 8.22. The molecule has 11 heteroatoms. The zero-order valence-corrected chi connectivity index (χ0v) is 19.9. The van der Waals surface area contributed by atoms with Crippen LogP contribution in [0.3, 0.4) is 0 Å². The predicted molar refractivity (Wildman–Crippen MR) is 125 cm³/mol. The molecule has 3 rings (SSSR count). The van der Waals surface area contributed by atoms with Crippen molar-refractivity contribution >= 4 is 34.8 Å². The van der Waals surface area contributed by atoms with Gasteiger partial charge in [0, 0.05) is 30.7 Å². The number of amides is 1. The molecule has 0 bridgehead atoms. The zero-order chi connectivity index (χ0) is 25.8. The van der Waals surface area contributed by atoms with E-state index >= 15 is 0 Å². The Balaban J connectivity index is 1.88. The van der Waals surface area contributed by atoms with Crippen LogP contribution >= 0.6 is 23.2 Å². The minimum Gasteiger partial charge on any atom is -0.386 e. The molecule has 0 unspecified atom stereocenters. The van der Waals surface area contributed by atoms with Crippen molar-refractivity contribution in [2.24, 2.45) is 0 Å². The van der Waals surface area contributed by atoms with E-state index in [0.717, 1.165) is 17.7 Å². The Hall–Kier alpha value is -2.91. The molecule has 4 nitrogen and oxygen atoms in total. The van der Waals surface area contributed by atoms with Gasteiger partial charge in [-0.15, -0.1) is 0 Å². The molecule has 3 aromatic rings. The van der Waals surface area contributed by atoms with Crippen molar-refractivity contribution in [3.63, 3.8) is 0 Å². The topological polar surface area (TPSA) is 45.2 Å². The minimum absolute atomic E-state index is 0.0522. The highest BCUT2D eigenvalue weighted by Gasteiger charge is 2.58. The molecule has 0 fully saturated rings. The third kappa shape index (κ3) is 6.41. The van der Waals surface area contributed by atoms with E-state index in [4.69, 9.17) is 23.2 Å². The Morgan fingerprint density at radius 1 is 0.914 bits per heavy atom. The molecule has 2 aromatic carbocycles. The summed E-state index contributed by atoms with van der Waals surface area (Å²) in [7, 11) is 1.61. The van der Waals surface area contributed by atoms with Crippen molar-refractivity contribution in [1.29, 1.82) is 0 Å². The van der Waals surface area contributed by atoms with Crippen LogP contribution in [0.25, 0.3) is 0 Å². The second kappa shape index (κ2) is 10.8. The zero-order valence-electron chi connectivity index (χ0n) is 18.3. The van der Waals surface area contributed by atoms with Crippen LogP contribution < -0.4 is 5.32 Å². The van der Waals surface area contributed by atoms with Crippen LogP contribution in [0.2, 0.25) is 10.2 Å². The molecule has 1 amide bonds. The number of alkyl halides is 5. The summed E-state index contributed by atoms with van der Waals surface area (Å²) in [4.78, 5) is 18.9. The second-order valence-corrected chi connectivity index (χ2v) is 8.48. The first-order chi connectivity index (χ1) is 16.4. The number of nitrogens with one attached hydrogen (secondary N) is 1. The van der Waals surface area contributed by atoms with Gasteiger partial charge in [0.1, 0.15) is 5.15 Å². The van der Waals surface area contributed by atoms with E-state index in [9.17, 15) is 26.7 Å². The molecule has 0 saturated heterocycles. The highest BCUT2D eigenvalue weighted by molar-refractivity contribution is 6.30. The average molecular weight is 532 g/mol. The summed E-state index contributed by atoms with van der Waals surface area (Å²) < 4.78 is 65.3. The van der Waals surface area contributed by atoms with Gasteiger partial charge < -0.3 is 10.2 Å². The third-order valence-corrected chi connectivity index (χ3v) is 5.71. The van der Waals surface area contributed by atoms with Gasteiger partial charge in [0.2, 0.25) is 0 Å². The standard InChI is InChI=1S/C24H20Cl2F5N3O/c1-32-19-10-11-20(26)33-21(19)22(35)34(13-12-15-4-8-18(25)9-5-15)14-16-2-6-17(7-3-16)23(27,28)24(29,30)31/h2-11,32H,12-14H2,1H3. The summed E-state index contributed by atoms with van der Waals surface area (Å²) in [5, 5.41) is 3.52. The quantitative estimate of drug-likeness (QED) is 0.252. The normalized spacial score (nSPS) is 11.9. The Bertz CT molecular complexity index is 1170. The first kappa shape index (κ1) is 26.7. The van der Waals surface area contributed by atoms with Crippen molar-refractivity contribution in [3.05, 3.63) is 93.2 Å². The Morgan fingerprint density at radius 2 is 1.51 bits per heavy atom. The largest absolute Gasteiger partial charge is 0.458 e. The van der Waals surface area contributed by atoms with Gasteiger partial charge in [0.05, 0.1) is 5.69 Å². The highest BCUT2D eigenvalue weighted by Crippen LogP contribution is 2.43. The lowest BCUT2D eigenvalue weighted by Crippen LogP contribution is -2.34. The summed E-state index contributed by atoms with van der Waals surface area (Å²) in [5.74, 6) is -5.47. The van der Waals surface area contributed by atoms with E-state index < -0.39 is 23.6 Å². The molecular weight excluding hydrogens is 512 g/mol. The highest BCUT2D eigenvalue weighted by atomic mass is 35.5. The number of pyridine rings is 1. The molecule has 1 N–H and O–H groups in total. The van der Waals surface area contributed by atoms with Crippen LogP contribution in [0.5, 0.6) is 0 Å². The van der Waals surface area contributed by atoms with E-state index in [-0.39, 0.29) is 23.9 Å². The number of nitrogens with zero attached hydrogens (tertiary/aromatic N) is 2.